The van der Waals surface area contributed by atoms with Crippen LogP contribution in [0.4, 0.5) is 0 Å². The van der Waals surface area contributed by atoms with Crippen LogP contribution in [0.2, 0.25) is 0 Å². The summed E-state index contributed by atoms with van der Waals surface area (Å²) in [4.78, 5) is 0. The highest BCUT2D eigenvalue weighted by Crippen LogP contribution is 2.28. The fourth-order valence-corrected chi connectivity index (χ4v) is 3.04. The van der Waals surface area contributed by atoms with E-state index in [9.17, 15) is 0 Å². The molecular formula is C13H25NO. The van der Waals surface area contributed by atoms with Crippen LogP contribution in [0.5, 0.6) is 0 Å². The molecule has 1 aliphatic heterocycles. The van der Waals surface area contributed by atoms with E-state index in [2.05, 4.69) is 12.2 Å². The van der Waals surface area contributed by atoms with Gasteiger partial charge in [-0.25, -0.2) is 0 Å². The van der Waals surface area contributed by atoms with E-state index < -0.39 is 0 Å². The first kappa shape index (κ1) is 11.4. The predicted molar refractivity (Wildman–Crippen MR) is 63.0 cm³/mol. The van der Waals surface area contributed by atoms with Crippen molar-refractivity contribution in [2.24, 2.45) is 5.92 Å². The van der Waals surface area contributed by atoms with Gasteiger partial charge < -0.3 is 10.1 Å². The average Bonchev–Trinajstić information content (AvgIpc) is 2.65. The highest BCUT2D eigenvalue weighted by atomic mass is 16.5. The molecule has 15 heavy (non-hydrogen) atoms. The van der Waals surface area contributed by atoms with Gasteiger partial charge in [-0.15, -0.1) is 0 Å². The standard InChI is InChI=1S/C13H25NO/c1-11(12-5-2-3-6-12)14-13-7-4-9-15-10-8-13/h11-14H,2-10H2,1H3/t11-,13?/m0/s1. The predicted octanol–water partition coefficient (Wildman–Crippen LogP) is 2.72. The van der Waals surface area contributed by atoms with Crippen molar-refractivity contribution in [3.63, 3.8) is 0 Å². The van der Waals surface area contributed by atoms with Crippen molar-refractivity contribution in [2.45, 2.75) is 64.0 Å². The third-order valence-electron chi connectivity index (χ3n) is 4.06. The second kappa shape index (κ2) is 5.86. The van der Waals surface area contributed by atoms with Gasteiger partial charge in [0, 0.05) is 25.3 Å². The first-order chi connectivity index (χ1) is 7.36. The second-order valence-electron chi connectivity index (χ2n) is 5.24. The van der Waals surface area contributed by atoms with Crippen LogP contribution in [-0.4, -0.2) is 25.3 Å². The van der Waals surface area contributed by atoms with Crippen molar-refractivity contribution >= 4 is 0 Å². The minimum absolute atomic E-state index is 0.711. The Labute approximate surface area is 93.8 Å². The fourth-order valence-electron chi connectivity index (χ4n) is 3.04. The summed E-state index contributed by atoms with van der Waals surface area (Å²) in [6, 6.07) is 1.43. The third-order valence-corrected chi connectivity index (χ3v) is 4.06. The van der Waals surface area contributed by atoms with Crippen LogP contribution in [-0.2, 0) is 4.74 Å². The van der Waals surface area contributed by atoms with Crippen LogP contribution in [0.25, 0.3) is 0 Å². The van der Waals surface area contributed by atoms with Gasteiger partial charge in [-0.1, -0.05) is 12.8 Å². The third kappa shape index (κ3) is 3.46. The van der Waals surface area contributed by atoms with E-state index in [1.54, 1.807) is 0 Å². The molecule has 1 saturated heterocycles. The van der Waals surface area contributed by atoms with E-state index in [1.165, 1.54) is 44.9 Å². The molecule has 1 heterocycles. The van der Waals surface area contributed by atoms with Crippen molar-refractivity contribution in [1.82, 2.24) is 5.32 Å². The highest BCUT2D eigenvalue weighted by molar-refractivity contribution is 4.81. The Balaban J connectivity index is 1.73. The number of hydrogen-bond acceptors (Lipinski definition) is 2. The van der Waals surface area contributed by atoms with Gasteiger partial charge >= 0.3 is 0 Å². The Bertz CT molecular complexity index is 169. The lowest BCUT2D eigenvalue weighted by Crippen LogP contribution is -2.40. The van der Waals surface area contributed by atoms with Gasteiger partial charge in [0.1, 0.15) is 0 Å². The van der Waals surface area contributed by atoms with Gasteiger partial charge in [0.25, 0.3) is 0 Å². The van der Waals surface area contributed by atoms with Crippen molar-refractivity contribution in [3.8, 4) is 0 Å². The Morgan fingerprint density at radius 1 is 1.00 bits per heavy atom. The normalized spacial score (nSPS) is 31.4. The van der Waals surface area contributed by atoms with Crippen molar-refractivity contribution < 1.29 is 4.74 Å². The highest BCUT2D eigenvalue weighted by Gasteiger charge is 2.23. The molecule has 0 aromatic carbocycles. The monoisotopic (exact) mass is 211 g/mol. The van der Waals surface area contributed by atoms with Crippen LogP contribution in [0.1, 0.15) is 51.9 Å². The lowest BCUT2D eigenvalue weighted by Gasteiger charge is -2.26. The quantitative estimate of drug-likeness (QED) is 0.775. The molecule has 1 unspecified atom stereocenters. The van der Waals surface area contributed by atoms with Gasteiger partial charge in [-0.05, 0) is 44.9 Å². The Hall–Kier alpha value is -0.0800. The summed E-state index contributed by atoms with van der Waals surface area (Å²) in [7, 11) is 0. The molecule has 0 aromatic heterocycles. The van der Waals surface area contributed by atoms with E-state index in [0.717, 1.165) is 25.2 Å². The topological polar surface area (TPSA) is 21.3 Å². The zero-order valence-corrected chi connectivity index (χ0v) is 10.0. The molecule has 0 bridgehead atoms. The molecule has 2 heteroatoms. The van der Waals surface area contributed by atoms with E-state index in [4.69, 9.17) is 4.74 Å². The van der Waals surface area contributed by atoms with Crippen LogP contribution in [0, 0.1) is 5.92 Å². The minimum Gasteiger partial charge on any atom is -0.381 e. The van der Waals surface area contributed by atoms with Crippen molar-refractivity contribution in [2.75, 3.05) is 13.2 Å². The van der Waals surface area contributed by atoms with Crippen molar-refractivity contribution in [1.29, 1.82) is 0 Å². The molecule has 2 atom stereocenters. The molecular weight excluding hydrogens is 186 g/mol. The lowest BCUT2D eigenvalue weighted by atomic mass is 9.97. The summed E-state index contributed by atoms with van der Waals surface area (Å²) in [6.45, 7) is 4.30. The number of rotatable bonds is 3. The van der Waals surface area contributed by atoms with Crippen LogP contribution in [0.15, 0.2) is 0 Å². The molecule has 1 aliphatic carbocycles. The Morgan fingerprint density at radius 3 is 2.60 bits per heavy atom. The summed E-state index contributed by atoms with van der Waals surface area (Å²) in [5, 5.41) is 3.82. The molecule has 2 aliphatic rings. The Kier molecular flexibility index (Phi) is 4.45. The maximum Gasteiger partial charge on any atom is 0.0480 e. The molecule has 1 N–H and O–H groups in total. The Morgan fingerprint density at radius 2 is 1.80 bits per heavy atom. The zero-order valence-electron chi connectivity index (χ0n) is 10.0. The van der Waals surface area contributed by atoms with Crippen LogP contribution < -0.4 is 5.32 Å². The number of hydrogen-bond donors (Lipinski definition) is 1. The molecule has 0 amide bonds. The van der Waals surface area contributed by atoms with E-state index >= 15 is 0 Å². The second-order valence-corrected chi connectivity index (χ2v) is 5.24. The molecule has 2 nitrogen and oxygen atoms in total. The van der Waals surface area contributed by atoms with Gasteiger partial charge in [0.2, 0.25) is 0 Å². The molecule has 2 fully saturated rings. The van der Waals surface area contributed by atoms with Gasteiger partial charge in [-0.3, -0.25) is 0 Å². The molecule has 88 valence electrons. The van der Waals surface area contributed by atoms with Crippen molar-refractivity contribution in [3.05, 3.63) is 0 Å². The molecule has 2 rings (SSSR count). The lowest BCUT2D eigenvalue weighted by molar-refractivity contribution is 0.142. The van der Waals surface area contributed by atoms with E-state index in [1.807, 2.05) is 0 Å². The summed E-state index contributed by atoms with van der Waals surface area (Å²) in [6.07, 6.45) is 9.52. The first-order valence-corrected chi connectivity index (χ1v) is 6.70. The summed E-state index contributed by atoms with van der Waals surface area (Å²) in [5.74, 6) is 0.939. The minimum atomic E-state index is 0.711. The smallest absolute Gasteiger partial charge is 0.0480 e. The van der Waals surface area contributed by atoms with Crippen LogP contribution >= 0.6 is 0 Å². The SMILES string of the molecule is C[C@H](NC1CCCOCC1)C1CCCC1. The average molecular weight is 211 g/mol. The van der Waals surface area contributed by atoms with Gasteiger partial charge in [0.15, 0.2) is 0 Å². The summed E-state index contributed by atoms with van der Waals surface area (Å²) in [5.41, 5.74) is 0. The van der Waals surface area contributed by atoms with Gasteiger partial charge in [-0.2, -0.15) is 0 Å². The number of ether oxygens (including phenoxy) is 1. The molecule has 1 saturated carbocycles. The first-order valence-electron chi connectivity index (χ1n) is 6.70. The fraction of sp³-hybridized carbons (Fsp3) is 1.00. The molecule has 0 aromatic rings. The summed E-state index contributed by atoms with van der Waals surface area (Å²) < 4.78 is 5.49. The molecule has 0 spiro atoms. The molecule has 0 radical (unpaired) electrons. The summed E-state index contributed by atoms with van der Waals surface area (Å²) >= 11 is 0. The van der Waals surface area contributed by atoms with E-state index in [0.29, 0.717) is 6.04 Å². The largest absolute Gasteiger partial charge is 0.381 e. The van der Waals surface area contributed by atoms with Gasteiger partial charge in [0.05, 0.1) is 0 Å². The van der Waals surface area contributed by atoms with Crippen LogP contribution in [0.3, 0.4) is 0 Å². The zero-order chi connectivity index (χ0) is 10.5. The number of nitrogens with one attached hydrogen (secondary N) is 1. The maximum absolute atomic E-state index is 5.49. The van der Waals surface area contributed by atoms with E-state index in [-0.39, 0.29) is 0 Å². The maximum atomic E-state index is 5.49.